The molecule has 0 saturated carbocycles. The SMILES string of the molecule is Cc1cc(Oc2nnc(N)s2)cc2c1C(CC=O)OB2O. The van der Waals surface area contributed by atoms with E-state index in [1.54, 1.807) is 12.1 Å². The molecule has 108 valence electrons. The van der Waals surface area contributed by atoms with Crippen LogP contribution in [-0.2, 0) is 9.45 Å². The Morgan fingerprint density at radius 3 is 3.05 bits per heavy atom. The van der Waals surface area contributed by atoms with Crippen LogP contribution in [0.1, 0.15) is 23.7 Å². The van der Waals surface area contributed by atoms with Crippen molar-refractivity contribution in [1.29, 1.82) is 0 Å². The summed E-state index contributed by atoms with van der Waals surface area (Å²) < 4.78 is 11.0. The first-order valence-electron chi connectivity index (χ1n) is 6.27. The van der Waals surface area contributed by atoms with E-state index < -0.39 is 13.2 Å². The van der Waals surface area contributed by atoms with Crippen LogP contribution in [0.5, 0.6) is 10.9 Å². The molecule has 2 heterocycles. The van der Waals surface area contributed by atoms with E-state index in [1.807, 2.05) is 6.92 Å². The highest BCUT2D eigenvalue weighted by atomic mass is 32.1. The first-order valence-corrected chi connectivity index (χ1v) is 7.08. The Labute approximate surface area is 124 Å². The number of benzene rings is 1. The van der Waals surface area contributed by atoms with Crippen LogP contribution >= 0.6 is 11.3 Å². The number of rotatable bonds is 4. The highest BCUT2D eigenvalue weighted by Crippen LogP contribution is 2.33. The van der Waals surface area contributed by atoms with Crippen molar-refractivity contribution in [3.05, 3.63) is 23.3 Å². The molecule has 3 N–H and O–H groups in total. The van der Waals surface area contributed by atoms with E-state index in [-0.39, 0.29) is 6.42 Å². The van der Waals surface area contributed by atoms with Crippen LogP contribution in [0.15, 0.2) is 12.1 Å². The van der Waals surface area contributed by atoms with E-state index in [0.29, 0.717) is 21.5 Å². The van der Waals surface area contributed by atoms with Gasteiger partial charge in [0.2, 0.25) is 5.13 Å². The second-order valence-corrected chi connectivity index (χ2v) is 5.60. The molecule has 9 heteroatoms. The van der Waals surface area contributed by atoms with E-state index in [1.165, 1.54) is 0 Å². The summed E-state index contributed by atoms with van der Waals surface area (Å²) in [6.07, 6.45) is 0.567. The van der Waals surface area contributed by atoms with E-state index in [2.05, 4.69) is 10.2 Å². The van der Waals surface area contributed by atoms with Gasteiger partial charge in [-0.1, -0.05) is 5.10 Å². The number of hydrogen-bond acceptors (Lipinski definition) is 8. The van der Waals surface area contributed by atoms with E-state index in [0.717, 1.165) is 28.7 Å². The minimum atomic E-state index is -1.06. The number of aryl methyl sites for hydroxylation is 1. The topological polar surface area (TPSA) is 108 Å². The van der Waals surface area contributed by atoms with Crippen molar-refractivity contribution in [2.24, 2.45) is 0 Å². The van der Waals surface area contributed by atoms with Gasteiger partial charge in [0.05, 0.1) is 6.10 Å². The molecule has 0 spiro atoms. The molecule has 1 aromatic heterocycles. The highest BCUT2D eigenvalue weighted by molar-refractivity contribution is 7.16. The minimum Gasteiger partial charge on any atom is -0.430 e. The van der Waals surface area contributed by atoms with Crippen LogP contribution in [0, 0.1) is 6.92 Å². The van der Waals surface area contributed by atoms with Gasteiger partial charge in [-0.2, -0.15) is 0 Å². The molecule has 0 fully saturated rings. The number of aromatic nitrogens is 2. The van der Waals surface area contributed by atoms with Crippen LogP contribution in [0.2, 0.25) is 0 Å². The normalized spacial score (nSPS) is 16.9. The minimum absolute atomic E-state index is 0.206. The molecule has 1 unspecified atom stereocenters. The standard InChI is InChI=1S/C12H12BN3O4S/c1-6-4-7(19-12-16-15-11(14)21-12)5-8-10(6)9(2-3-17)20-13(8)18/h3-5,9,18H,2H2,1H3,(H2,14,15). The monoisotopic (exact) mass is 305 g/mol. The number of carbonyl (C=O) groups is 1. The average molecular weight is 305 g/mol. The summed E-state index contributed by atoms with van der Waals surface area (Å²) in [5.41, 5.74) is 7.81. The molecular formula is C12H12BN3O4S. The van der Waals surface area contributed by atoms with Crippen molar-refractivity contribution in [3.63, 3.8) is 0 Å². The van der Waals surface area contributed by atoms with Gasteiger partial charge in [0.25, 0.3) is 0 Å². The predicted molar refractivity (Wildman–Crippen MR) is 77.7 cm³/mol. The molecule has 0 bridgehead atoms. The Hall–Kier alpha value is -1.97. The molecule has 0 radical (unpaired) electrons. The zero-order valence-corrected chi connectivity index (χ0v) is 12.0. The fourth-order valence-corrected chi connectivity index (χ4v) is 2.89. The van der Waals surface area contributed by atoms with Crippen molar-refractivity contribution in [2.45, 2.75) is 19.4 Å². The van der Waals surface area contributed by atoms with Gasteiger partial charge in [-0.25, -0.2) is 0 Å². The number of hydrogen-bond donors (Lipinski definition) is 2. The Morgan fingerprint density at radius 1 is 1.57 bits per heavy atom. The largest absolute Gasteiger partial charge is 0.492 e. The van der Waals surface area contributed by atoms with Gasteiger partial charge in [0, 0.05) is 6.42 Å². The number of nitrogens with zero attached hydrogens (tertiary/aromatic N) is 2. The molecule has 7 nitrogen and oxygen atoms in total. The second kappa shape index (κ2) is 5.43. The molecule has 1 aromatic carbocycles. The zero-order valence-electron chi connectivity index (χ0n) is 11.1. The molecule has 21 heavy (non-hydrogen) atoms. The lowest BCUT2D eigenvalue weighted by Crippen LogP contribution is -2.28. The number of nitrogen functional groups attached to an aromatic ring is 1. The Balaban J connectivity index is 1.94. The fourth-order valence-electron chi connectivity index (χ4n) is 2.41. The van der Waals surface area contributed by atoms with Crippen LogP contribution < -0.4 is 15.9 Å². The number of nitrogens with two attached hydrogens (primary N) is 1. The van der Waals surface area contributed by atoms with E-state index >= 15 is 0 Å². The van der Waals surface area contributed by atoms with Crippen molar-refractivity contribution in [2.75, 3.05) is 5.73 Å². The van der Waals surface area contributed by atoms with Crippen molar-refractivity contribution in [3.8, 4) is 10.9 Å². The van der Waals surface area contributed by atoms with Crippen molar-refractivity contribution < 1.29 is 19.2 Å². The lowest BCUT2D eigenvalue weighted by molar-refractivity contribution is -0.109. The van der Waals surface area contributed by atoms with Crippen LogP contribution in [0.3, 0.4) is 0 Å². The summed E-state index contributed by atoms with van der Waals surface area (Å²) in [5.74, 6) is 0.511. The van der Waals surface area contributed by atoms with Gasteiger partial charge in [0.1, 0.15) is 12.0 Å². The third-order valence-corrected chi connectivity index (χ3v) is 3.84. The van der Waals surface area contributed by atoms with E-state index in [9.17, 15) is 9.82 Å². The lowest BCUT2D eigenvalue weighted by Gasteiger charge is -2.12. The number of ether oxygens (including phenoxy) is 1. The Morgan fingerprint density at radius 2 is 2.38 bits per heavy atom. The molecule has 0 aliphatic carbocycles. The van der Waals surface area contributed by atoms with Gasteiger partial charge in [-0.3, -0.25) is 0 Å². The maximum absolute atomic E-state index is 10.7. The van der Waals surface area contributed by atoms with Gasteiger partial charge in [0.15, 0.2) is 0 Å². The Bertz CT molecular complexity index is 693. The molecule has 1 atom stereocenters. The molecule has 1 aliphatic rings. The summed E-state index contributed by atoms with van der Waals surface area (Å²) in [5, 5.41) is 18.0. The van der Waals surface area contributed by atoms with Crippen LogP contribution in [0.25, 0.3) is 0 Å². The first-order chi connectivity index (χ1) is 10.1. The Kier molecular flexibility index (Phi) is 3.62. The van der Waals surface area contributed by atoms with Crippen molar-refractivity contribution in [1.82, 2.24) is 10.2 Å². The smallest absolute Gasteiger partial charge is 0.430 e. The molecule has 1 aliphatic heterocycles. The maximum atomic E-state index is 10.7. The fraction of sp³-hybridized carbons (Fsp3) is 0.250. The molecule has 2 aromatic rings. The second-order valence-electron chi connectivity index (χ2n) is 4.63. The summed E-state index contributed by atoms with van der Waals surface area (Å²) in [7, 11) is -1.06. The quantitative estimate of drug-likeness (QED) is 0.628. The van der Waals surface area contributed by atoms with E-state index in [4.69, 9.17) is 15.1 Å². The predicted octanol–water partition coefficient (Wildman–Crippen LogP) is 0.569. The van der Waals surface area contributed by atoms with Gasteiger partial charge >= 0.3 is 12.3 Å². The number of aldehydes is 1. The summed E-state index contributed by atoms with van der Waals surface area (Å²) in [4.78, 5) is 10.7. The third-order valence-electron chi connectivity index (χ3n) is 3.21. The van der Waals surface area contributed by atoms with Crippen molar-refractivity contribution >= 4 is 35.3 Å². The lowest BCUT2D eigenvalue weighted by atomic mass is 9.77. The first kappa shape index (κ1) is 14.0. The van der Waals surface area contributed by atoms with Crippen LogP contribution in [0.4, 0.5) is 5.13 Å². The molecule has 0 saturated heterocycles. The van der Waals surface area contributed by atoms with Crippen LogP contribution in [-0.4, -0.2) is 28.6 Å². The third kappa shape index (κ3) is 2.62. The summed E-state index contributed by atoms with van der Waals surface area (Å²) in [6, 6.07) is 3.48. The number of anilines is 1. The molecule has 3 rings (SSSR count). The van der Waals surface area contributed by atoms with Gasteiger partial charge < -0.3 is 24.9 Å². The number of carbonyl (C=O) groups excluding carboxylic acids is 1. The zero-order chi connectivity index (χ0) is 15.0. The summed E-state index contributed by atoms with van der Waals surface area (Å²) >= 11 is 1.12. The molecule has 0 amide bonds. The average Bonchev–Trinajstić information content (AvgIpc) is 2.95. The highest BCUT2D eigenvalue weighted by Gasteiger charge is 2.36. The number of fused-ring (bicyclic) bond motifs is 1. The van der Waals surface area contributed by atoms with Gasteiger partial charge in [-0.05, 0) is 47.0 Å². The molecular weight excluding hydrogens is 293 g/mol. The van der Waals surface area contributed by atoms with Gasteiger partial charge in [-0.15, -0.1) is 5.10 Å². The maximum Gasteiger partial charge on any atom is 0.492 e. The summed E-state index contributed by atoms with van der Waals surface area (Å²) in [6.45, 7) is 1.87.